The van der Waals surface area contributed by atoms with Crippen LogP contribution in [0, 0.1) is 6.92 Å². The van der Waals surface area contributed by atoms with E-state index in [2.05, 4.69) is 97.2 Å². The molecule has 0 aromatic heterocycles. The lowest BCUT2D eigenvalue weighted by Gasteiger charge is -2.12. The average molecular weight is 433 g/mol. The summed E-state index contributed by atoms with van der Waals surface area (Å²) in [5, 5.41) is 0. The van der Waals surface area contributed by atoms with Crippen molar-refractivity contribution >= 4 is 47.8 Å². The smallest absolute Gasteiger partial charge is 0.0436 e. The summed E-state index contributed by atoms with van der Waals surface area (Å²) in [6, 6.07) is 15.0. The van der Waals surface area contributed by atoms with Gasteiger partial charge in [0.25, 0.3) is 0 Å². The summed E-state index contributed by atoms with van der Waals surface area (Å²) in [6.45, 7) is 2.13. The lowest BCUT2D eigenvalue weighted by molar-refractivity contribution is 0.945. The first kappa shape index (κ1) is 14.3. The lowest BCUT2D eigenvalue weighted by Crippen LogP contribution is -1.96. The van der Waals surface area contributed by atoms with Crippen molar-refractivity contribution in [2.24, 2.45) is 0 Å². The van der Waals surface area contributed by atoms with Gasteiger partial charge in [0, 0.05) is 13.8 Å². The van der Waals surface area contributed by atoms with E-state index in [1.807, 2.05) is 0 Å². The van der Waals surface area contributed by atoms with Gasteiger partial charge in [-0.1, -0.05) is 77.6 Å². The minimum absolute atomic E-state index is 0.327. The highest BCUT2D eigenvalue weighted by Gasteiger charge is 2.10. The maximum Gasteiger partial charge on any atom is 0.0436 e. The first-order valence-electron chi connectivity index (χ1n) is 5.70. The largest absolute Gasteiger partial charge is 0.0835 e. The summed E-state index contributed by atoms with van der Waals surface area (Å²) < 4.78 is 2.20. The predicted octanol–water partition coefficient (Wildman–Crippen LogP) is 6.20. The zero-order valence-electron chi connectivity index (χ0n) is 9.96. The fourth-order valence-corrected chi connectivity index (χ4v) is 3.89. The first-order valence-corrected chi connectivity index (χ1v) is 8.20. The molecule has 0 aliphatic rings. The molecule has 0 fully saturated rings. The number of hydrogen-bond donors (Lipinski definition) is 0. The summed E-state index contributed by atoms with van der Waals surface area (Å²) in [5.41, 5.74) is 3.94. The molecule has 0 saturated heterocycles. The van der Waals surface area contributed by atoms with Crippen LogP contribution in [-0.2, 0) is 6.42 Å². The summed E-state index contributed by atoms with van der Waals surface area (Å²) in [6.07, 6.45) is 0.991. The zero-order chi connectivity index (χ0) is 13.1. The molecule has 3 heteroatoms. The average Bonchev–Trinajstić information content (AvgIpc) is 2.27. The second kappa shape index (κ2) is 6.36. The highest BCUT2D eigenvalue weighted by Crippen LogP contribution is 2.31. The Morgan fingerprint density at radius 1 is 1.00 bits per heavy atom. The molecule has 0 saturated carbocycles. The van der Waals surface area contributed by atoms with E-state index in [0.717, 1.165) is 15.4 Å². The van der Waals surface area contributed by atoms with Crippen molar-refractivity contribution < 1.29 is 0 Å². The lowest BCUT2D eigenvalue weighted by atomic mass is 10.0. The molecule has 1 atom stereocenters. The topological polar surface area (TPSA) is 0 Å². The number of aryl methyl sites for hydroxylation is 1. The van der Waals surface area contributed by atoms with Gasteiger partial charge in [-0.15, -0.1) is 0 Å². The minimum Gasteiger partial charge on any atom is -0.0835 e. The van der Waals surface area contributed by atoms with E-state index in [9.17, 15) is 0 Å². The zero-order valence-corrected chi connectivity index (χ0v) is 14.7. The van der Waals surface area contributed by atoms with Crippen LogP contribution in [0.3, 0.4) is 0 Å². The summed E-state index contributed by atoms with van der Waals surface area (Å²) in [7, 11) is 0. The number of alkyl halides is 1. The predicted molar refractivity (Wildman–Crippen MR) is 88.4 cm³/mol. The van der Waals surface area contributed by atoms with Gasteiger partial charge < -0.3 is 0 Å². The molecule has 18 heavy (non-hydrogen) atoms. The molecule has 2 aromatic carbocycles. The van der Waals surface area contributed by atoms with Gasteiger partial charge in [0.1, 0.15) is 0 Å². The molecule has 0 spiro atoms. The number of hydrogen-bond acceptors (Lipinski definition) is 0. The summed E-state index contributed by atoms with van der Waals surface area (Å²) >= 11 is 10.8. The monoisotopic (exact) mass is 430 g/mol. The fourth-order valence-electron chi connectivity index (χ4n) is 1.92. The Labute approximate surface area is 133 Å². The standard InChI is InChI=1S/C15H13Br3/c1-10-3-2-4-11(5-10)6-15(18)12-7-13(16)9-14(17)8-12/h2-5,7-9,15H,6H2,1H3. The van der Waals surface area contributed by atoms with Crippen LogP contribution in [0.4, 0.5) is 0 Å². The van der Waals surface area contributed by atoms with E-state index < -0.39 is 0 Å². The Morgan fingerprint density at radius 2 is 1.67 bits per heavy atom. The van der Waals surface area contributed by atoms with E-state index in [4.69, 9.17) is 0 Å². The van der Waals surface area contributed by atoms with Crippen LogP contribution in [0.15, 0.2) is 51.4 Å². The van der Waals surface area contributed by atoms with Crippen molar-refractivity contribution in [2.45, 2.75) is 18.2 Å². The highest BCUT2D eigenvalue weighted by molar-refractivity contribution is 9.11. The highest BCUT2D eigenvalue weighted by atomic mass is 79.9. The molecule has 0 nitrogen and oxygen atoms in total. The van der Waals surface area contributed by atoms with Crippen LogP contribution in [0.2, 0.25) is 0 Å². The molecule has 0 radical (unpaired) electrons. The quantitative estimate of drug-likeness (QED) is 0.506. The third-order valence-corrected chi connectivity index (χ3v) is 4.51. The third kappa shape index (κ3) is 3.94. The maximum atomic E-state index is 3.77. The fraction of sp³-hybridized carbons (Fsp3) is 0.200. The van der Waals surface area contributed by atoms with Crippen LogP contribution >= 0.6 is 47.8 Å². The Hall–Kier alpha value is -0.120. The Bertz CT molecular complexity index is 529. The minimum atomic E-state index is 0.327. The summed E-state index contributed by atoms with van der Waals surface area (Å²) in [5.74, 6) is 0. The van der Waals surface area contributed by atoms with E-state index >= 15 is 0 Å². The molecular weight excluding hydrogens is 420 g/mol. The van der Waals surface area contributed by atoms with Gasteiger partial charge in [0.05, 0.1) is 0 Å². The molecule has 0 heterocycles. The summed E-state index contributed by atoms with van der Waals surface area (Å²) in [4.78, 5) is 0.327. The third-order valence-electron chi connectivity index (χ3n) is 2.74. The molecule has 0 aliphatic carbocycles. The SMILES string of the molecule is Cc1cccc(CC(Br)c2cc(Br)cc(Br)c2)c1. The van der Waals surface area contributed by atoms with Crippen LogP contribution < -0.4 is 0 Å². The van der Waals surface area contributed by atoms with Gasteiger partial charge in [-0.05, 0) is 42.7 Å². The van der Waals surface area contributed by atoms with Crippen molar-refractivity contribution in [1.29, 1.82) is 0 Å². The van der Waals surface area contributed by atoms with E-state index in [-0.39, 0.29) is 0 Å². The van der Waals surface area contributed by atoms with Crippen molar-refractivity contribution in [3.8, 4) is 0 Å². The van der Waals surface area contributed by atoms with Crippen molar-refractivity contribution in [3.05, 3.63) is 68.1 Å². The Morgan fingerprint density at radius 3 is 2.28 bits per heavy atom. The van der Waals surface area contributed by atoms with Crippen LogP contribution in [0.25, 0.3) is 0 Å². The molecule has 0 bridgehead atoms. The Kier molecular flexibility index (Phi) is 5.05. The van der Waals surface area contributed by atoms with Crippen molar-refractivity contribution in [3.63, 3.8) is 0 Å². The van der Waals surface area contributed by atoms with Gasteiger partial charge >= 0.3 is 0 Å². The van der Waals surface area contributed by atoms with Crippen molar-refractivity contribution in [1.82, 2.24) is 0 Å². The first-order chi connectivity index (χ1) is 8.54. The normalized spacial score (nSPS) is 12.4. The van der Waals surface area contributed by atoms with E-state index in [1.54, 1.807) is 0 Å². The van der Waals surface area contributed by atoms with Gasteiger partial charge in [-0.25, -0.2) is 0 Å². The van der Waals surface area contributed by atoms with Gasteiger partial charge in [0.15, 0.2) is 0 Å². The van der Waals surface area contributed by atoms with Crippen LogP contribution in [-0.4, -0.2) is 0 Å². The number of rotatable bonds is 3. The molecule has 2 aromatic rings. The van der Waals surface area contributed by atoms with Gasteiger partial charge in [-0.2, -0.15) is 0 Å². The molecule has 1 unspecified atom stereocenters. The van der Waals surface area contributed by atoms with Gasteiger partial charge in [-0.3, -0.25) is 0 Å². The van der Waals surface area contributed by atoms with Crippen molar-refractivity contribution in [2.75, 3.05) is 0 Å². The molecule has 2 rings (SSSR count). The number of halogens is 3. The van der Waals surface area contributed by atoms with Crippen LogP contribution in [0.5, 0.6) is 0 Å². The van der Waals surface area contributed by atoms with E-state index in [0.29, 0.717) is 4.83 Å². The Balaban J connectivity index is 2.19. The second-order valence-corrected chi connectivity index (χ2v) is 7.30. The molecule has 0 amide bonds. The molecule has 94 valence electrons. The molecule has 0 N–H and O–H groups in total. The second-order valence-electron chi connectivity index (χ2n) is 4.36. The molecular formula is C15H13Br3. The van der Waals surface area contributed by atoms with E-state index in [1.165, 1.54) is 16.7 Å². The molecule has 0 aliphatic heterocycles. The van der Waals surface area contributed by atoms with Gasteiger partial charge in [0.2, 0.25) is 0 Å². The van der Waals surface area contributed by atoms with Crippen LogP contribution in [0.1, 0.15) is 21.5 Å². The number of benzene rings is 2. The maximum absolute atomic E-state index is 3.77.